The minimum atomic E-state index is -0.418. The number of nitrogens with zero attached hydrogens (tertiary/aromatic N) is 5. The molecule has 0 saturated carbocycles. The van der Waals surface area contributed by atoms with Crippen molar-refractivity contribution in [2.75, 3.05) is 5.32 Å². The van der Waals surface area contributed by atoms with Crippen molar-refractivity contribution in [1.29, 1.82) is 0 Å². The third-order valence-corrected chi connectivity index (χ3v) is 4.81. The molecule has 1 atom stereocenters. The first-order valence-electron chi connectivity index (χ1n) is 8.93. The lowest BCUT2D eigenvalue weighted by atomic mass is 9.99. The van der Waals surface area contributed by atoms with Crippen LogP contribution in [0.15, 0.2) is 55.5 Å². The van der Waals surface area contributed by atoms with Gasteiger partial charge in [-0.15, -0.1) is 0 Å². The highest BCUT2D eigenvalue weighted by atomic mass is 19.1. The van der Waals surface area contributed by atoms with Gasteiger partial charge in [0, 0.05) is 11.1 Å². The molecule has 1 unspecified atom stereocenters. The van der Waals surface area contributed by atoms with Crippen LogP contribution < -0.4 is 5.32 Å². The second-order valence-corrected chi connectivity index (χ2v) is 6.64. The van der Waals surface area contributed by atoms with E-state index in [9.17, 15) is 8.78 Å². The molecule has 1 aromatic carbocycles. The summed E-state index contributed by atoms with van der Waals surface area (Å²) in [5, 5.41) is 3.27. The molecule has 0 amide bonds. The zero-order chi connectivity index (χ0) is 20.0. The second-order valence-electron chi connectivity index (χ2n) is 6.64. The Morgan fingerprint density at radius 3 is 2.90 bits per heavy atom. The van der Waals surface area contributed by atoms with Gasteiger partial charge in [-0.05, 0) is 25.1 Å². The van der Waals surface area contributed by atoms with Gasteiger partial charge in [-0.25, -0.2) is 28.7 Å². The van der Waals surface area contributed by atoms with Gasteiger partial charge in [0.05, 0.1) is 30.6 Å². The van der Waals surface area contributed by atoms with Crippen LogP contribution in [-0.2, 0) is 0 Å². The van der Waals surface area contributed by atoms with E-state index in [0.29, 0.717) is 39.3 Å². The summed E-state index contributed by atoms with van der Waals surface area (Å²) in [5.74, 6) is -0.278. The first kappa shape index (κ1) is 17.2. The number of rotatable bonds is 4. The van der Waals surface area contributed by atoms with Gasteiger partial charge >= 0.3 is 0 Å². The van der Waals surface area contributed by atoms with E-state index >= 15 is 0 Å². The standard InChI is InChI=1S/C20H15F2N7/c1-11(28-20-17-19(25-8-24-17)26-9-27-20)14-6-15(22)16-7-23-10-29(16)18(14)12-3-2-4-13(21)5-12/h2-11H,1H3,(H2,24,25,26,27,28). The van der Waals surface area contributed by atoms with Crippen LogP contribution in [0.25, 0.3) is 27.9 Å². The van der Waals surface area contributed by atoms with E-state index in [1.165, 1.54) is 43.4 Å². The zero-order valence-corrected chi connectivity index (χ0v) is 15.3. The molecule has 2 N–H and O–H groups in total. The largest absolute Gasteiger partial charge is 0.362 e. The lowest BCUT2D eigenvalue weighted by Gasteiger charge is -2.20. The van der Waals surface area contributed by atoms with Crippen LogP contribution >= 0.6 is 0 Å². The molecule has 4 aromatic heterocycles. The Kier molecular flexibility index (Phi) is 3.94. The fraction of sp³-hybridized carbons (Fsp3) is 0.100. The molecule has 0 aliphatic heterocycles. The van der Waals surface area contributed by atoms with E-state index in [1.807, 2.05) is 6.92 Å². The molecule has 144 valence electrons. The average Bonchev–Trinajstić information content (AvgIpc) is 3.38. The van der Waals surface area contributed by atoms with Crippen molar-refractivity contribution in [1.82, 2.24) is 29.3 Å². The van der Waals surface area contributed by atoms with Crippen molar-refractivity contribution in [3.63, 3.8) is 0 Å². The predicted molar refractivity (Wildman–Crippen MR) is 104 cm³/mol. The van der Waals surface area contributed by atoms with Crippen molar-refractivity contribution >= 4 is 22.5 Å². The molecule has 0 fully saturated rings. The van der Waals surface area contributed by atoms with Crippen LogP contribution in [-0.4, -0.2) is 29.3 Å². The number of pyridine rings is 1. The number of anilines is 1. The molecule has 9 heteroatoms. The number of aromatic amines is 1. The Bertz CT molecular complexity index is 1340. The van der Waals surface area contributed by atoms with E-state index < -0.39 is 5.82 Å². The van der Waals surface area contributed by atoms with Crippen molar-refractivity contribution < 1.29 is 8.78 Å². The predicted octanol–water partition coefficient (Wildman–Crippen LogP) is 4.12. The van der Waals surface area contributed by atoms with E-state index in [1.54, 1.807) is 16.5 Å². The van der Waals surface area contributed by atoms with Gasteiger partial charge in [0.15, 0.2) is 11.5 Å². The first-order valence-corrected chi connectivity index (χ1v) is 8.93. The maximum Gasteiger partial charge on any atom is 0.162 e. The summed E-state index contributed by atoms with van der Waals surface area (Å²) in [5.41, 5.74) is 3.37. The quantitative estimate of drug-likeness (QED) is 0.482. The Balaban J connectivity index is 1.67. The van der Waals surface area contributed by atoms with Gasteiger partial charge in [-0.1, -0.05) is 12.1 Å². The molecule has 0 aliphatic rings. The summed E-state index contributed by atoms with van der Waals surface area (Å²) < 4.78 is 30.3. The Morgan fingerprint density at radius 1 is 1.14 bits per heavy atom. The molecule has 0 spiro atoms. The van der Waals surface area contributed by atoms with Gasteiger partial charge in [-0.3, -0.25) is 4.40 Å². The highest BCUT2D eigenvalue weighted by Crippen LogP contribution is 2.33. The SMILES string of the molecule is CC(Nc1ncnc2[nH]cnc12)c1cc(F)c2cncn2c1-c1cccc(F)c1. The number of benzene rings is 1. The zero-order valence-electron chi connectivity index (χ0n) is 15.3. The summed E-state index contributed by atoms with van der Waals surface area (Å²) in [4.78, 5) is 19.6. The molecular formula is C20H15F2N7. The smallest absolute Gasteiger partial charge is 0.162 e. The normalized spacial score (nSPS) is 12.5. The highest BCUT2D eigenvalue weighted by Gasteiger charge is 2.20. The van der Waals surface area contributed by atoms with Crippen LogP contribution in [0.2, 0.25) is 0 Å². The van der Waals surface area contributed by atoms with Gasteiger partial charge in [0.25, 0.3) is 0 Å². The summed E-state index contributed by atoms with van der Waals surface area (Å²) in [6.45, 7) is 1.88. The Labute approximate surface area is 163 Å². The fourth-order valence-corrected chi connectivity index (χ4v) is 3.49. The molecule has 5 aromatic rings. The molecule has 0 bridgehead atoms. The summed E-state index contributed by atoms with van der Waals surface area (Å²) in [6, 6.07) is 7.26. The summed E-state index contributed by atoms with van der Waals surface area (Å²) in [7, 11) is 0. The molecular weight excluding hydrogens is 376 g/mol. The fourth-order valence-electron chi connectivity index (χ4n) is 3.49. The van der Waals surface area contributed by atoms with E-state index in [0.717, 1.165) is 0 Å². The number of imidazole rings is 2. The molecule has 7 nitrogen and oxygen atoms in total. The first-order chi connectivity index (χ1) is 14.1. The minimum Gasteiger partial charge on any atom is -0.362 e. The topological polar surface area (TPSA) is 83.8 Å². The number of hydrogen-bond donors (Lipinski definition) is 2. The van der Waals surface area contributed by atoms with Crippen LogP contribution in [0.3, 0.4) is 0 Å². The third-order valence-electron chi connectivity index (χ3n) is 4.81. The van der Waals surface area contributed by atoms with E-state index in [-0.39, 0.29) is 11.9 Å². The van der Waals surface area contributed by atoms with Gasteiger partial charge < -0.3 is 10.3 Å². The maximum absolute atomic E-state index is 14.8. The second kappa shape index (κ2) is 6.62. The van der Waals surface area contributed by atoms with Crippen molar-refractivity contribution in [3.8, 4) is 11.3 Å². The monoisotopic (exact) mass is 391 g/mol. The van der Waals surface area contributed by atoms with Crippen LogP contribution in [0.5, 0.6) is 0 Å². The van der Waals surface area contributed by atoms with Crippen LogP contribution in [0.1, 0.15) is 18.5 Å². The lowest BCUT2D eigenvalue weighted by molar-refractivity contribution is 0.626. The molecule has 0 aliphatic carbocycles. The molecule has 5 rings (SSSR count). The van der Waals surface area contributed by atoms with Gasteiger partial charge in [-0.2, -0.15) is 0 Å². The highest BCUT2D eigenvalue weighted by molar-refractivity contribution is 5.82. The van der Waals surface area contributed by atoms with Crippen molar-refractivity contribution in [2.24, 2.45) is 0 Å². The molecule has 0 saturated heterocycles. The number of aromatic nitrogens is 6. The summed E-state index contributed by atoms with van der Waals surface area (Å²) >= 11 is 0. The summed E-state index contributed by atoms with van der Waals surface area (Å²) in [6.07, 6.45) is 5.91. The molecule has 29 heavy (non-hydrogen) atoms. The van der Waals surface area contributed by atoms with E-state index in [2.05, 4.69) is 30.2 Å². The number of nitrogens with one attached hydrogen (secondary N) is 2. The molecule has 0 radical (unpaired) electrons. The van der Waals surface area contributed by atoms with E-state index in [4.69, 9.17) is 0 Å². The third kappa shape index (κ3) is 2.87. The van der Waals surface area contributed by atoms with Crippen molar-refractivity contribution in [3.05, 3.63) is 72.7 Å². The number of hydrogen-bond acceptors (Lipinski definition) is 5. The maximum atomic E-state index is 14.8. The Hall–Kier alpha value is -3.88. The number of fused-ring (bicyclic) bond motifs is 2. The lowest BCUT2D eigenvalue weighted by Crippen LogP contribution is -2.12. The van der Waals surface area contributed by atoms with Crippen LogP contribution in [0, 0.1) is 11.6 Å². The average molecular weight is 391 g/mol. The number of H-pyrrole nitrogens is 1. The van der Waals surface area contributed by atoms with Crippen molar-refractivity contribution in [2.45, 2.75) is 13.0 Å². The number of halogens is 2. The van der Waals surface area contributed by atoms with Gasteiger partial charge in [0.2, 0.25) is 0 Å². The molecule has 4 heterocycles. The minimum absolute atomic E-state index is 0.317. The van der Waals surface area contributed by atoms with Gasteiger partial charge in [0.1, 0.15) is 29.0 Å². The Morgan fingerprint density at radius 2 is 2.03 bits per heavy atom. The van der Waals surface area contributed by atoms with Crippen LogP contribution in [0.4, 0.5) is 14.6 Å².